The molecule has 0 aliphatic rings. The summed E-state index contributed by atoms with van der Waals surface area (Å²) in [6.45, 7) is 0.112. The Hall–Kier alpha value is -5.78. The summed E-state index contributed by atoms with van der Waals surface area (Å²) in [6.07, 6.45) is 0. The van der Waals surface area contributed by atoms with Crippen LogP contribution in [0.2, 0.25) is 0 Å². The van der Waals surface area contributed by atoms with Gasteiger partial charge in [-0.25, -0.2) is 0 Å². The van der Waals surface area contributed by atoms with Crippen molar-refractivity contribution in [3.05, 3.63) is 187 Å². The molecular formula is C45H37NO3. The summed E-state index contributed by atoms with van der Waals surface area (Å²) >= 11 is 0. The molecule has 0 heterocycles. The van der Waals surface area contributed by atoms with E-state index in [-0.39, 0.29) is 19.8 Å². The Bertz CT molecular complexity index is 2010. The average molecular weight is 640 g/mol. The van der Waals surface area contributed by atoms with Gasteiger partial charge >= 0.3 is 0 Å². The first kappa shape index (κ1) is 31.8. The Morgan fingerprint density at radius 3 is 0.592 bits per heavy atom. The summed E-state index contributed by atoms with van der Waals surface area (Å²) < 4.78 is 0. The molecule has 0 atom stereocenters. The number of nitrogens with zero attached hydrogens (tertiary/aromatic N) is 1. The second-order valence-electron chi connectivity index (χ2n) is 12.1. The van der Waals surface area contributed by atoms with E-state index in [1.165, 1.54) is 0 Å². The summed E-state index contributed by atoms with van der Waals surface area (Å²) in [5.74, 6) is 0. The fourth-order valence-electron chi connectivity index (χ4n) is 6.12. The van der Waals surface area contributed by atoms with Crippen LogP contribution in [0.1, 0.15) is 16.7 Å². The lowest BCUT2D eigenvalue weighted by Gasteiger charge is -2.26. The minimum Gasteiger partial charge on any atom is -0.392 e. The third-order valence-corrected chi connectivity index (χ3v) is 9.00. The van der Waals surface area contributed by atoms with Crippen molar-refractivity contribution in [2.75, 3.05) is 4.90 Å². The van der Waals surface area contributed by atoms with Crippen LogP contribution in [0.5, 0.6) is 0 Å². The molecule has 0 saturated carbocycles. The number of aliphatic hydroxyl groups excluding tert-OH is 3. The quantitative estimate of drug-likeness (QED) is 0.139. The Labute approximate surface area is 287 Å². The van der Waals surface area contributed by atoms with Crippen LogP contribution in [0.3, 0.4) is 0 Å². The monoisotopic (exact) mass is 639 g/mol. The molecule has 0 spiro atoms. The van der Waals surface area contributed by atoms with Crippen LogP contribution in [0.25, 0.3) is 44.5 Å². The summed E-state index contributed by atoms with van der Waals surface area (Å²) in [5, 5.41) is 28.3. The average Bonchev–Trinajstić information content (AvgIpc) is 3.19. The lowest BCUT2D eigenvalue weighted by Crippen LogP contribution is -2.09. The molecule has 7 rings (SSSR count). The van der Waals surface area contributed by atoms with Crippen molar-refractivity contribution in [1.29, 1.82) is 0 Å². The summed E-state index contributed by atoms with van der Waals surface area (Å²) in [7, 11) is 0. The summed E-state index contributed by atoms with van der Waals surface area (Å²) in [4.78, 5) is 2.26. The van der Waals surface area contributed by atoms with Gasteiger partial charge in [0, 0.05) is 17.1 Å². The van der Waals surface area contributed by atoms with Crippen molar-refractivity contribution in [1.82, 2.24) is 0 Å². The normalized spacial score (nSPS) is 11.0. The summed E-state index contributed by atoms with van der Waals surface area (Å²) in [6, 6.07) is 58.4. The van der Waals surface area contributed by atoms with Gasteiger partial charge in [0.05, 0.1) is 19.8 Å². The Balaban J connectivity index is 1.19. The molecule has 0 aliphatic carbocycles. The van der Waals surface area contributed by atoms with E-state index in [9.17, 15) is 15.3 Å². The second kappa shape index (κ2) is 14.5. The highest BCUT2D eigenvalue weighted by Gasteiger charge is 2.14. The van der Waals surface area contributed by atoms with E-state index in [0.717, 1.165) is 78.3 Å². The van der Waals surface area contributed by atoms with Gasteiger partial charge < -0.3 is 20.2 Å². The molecule has 4 heteroatoms. The topological polar surface area (TPSA) is 63.9 Å². The third kappa shape index (κ3) is 7.08. The van der Waals surface area contributed by atoms with E-state index >= 15 is 0 Å². The van der Waals surface area contributed by atoms with Crippen LogP contribution in [-0.4, -0.2) is 15.3 Å². The molecule has 49 heavy (non-hydrogen) atoms. The molecule has 0 amide bonds. The van der Waals surface area contributed by atoms with Crippen molar-refractivity contribution in [3.63, 3.8) is 0 Å². The van der Waals surface area contributed by atoms with E-state index in [0.29, 0.717) is 0 Å². The number of aliphatic hydroxyl groups is 3. The first-order chi connectivity index (χ1) is 24.1. The molecular weight excluding hydrogens is 602 g/mol. The number of rotatable bonds is 10. The zero-order chi connectivity index (χ0) is 33.6. The van der Waals surface area contributed by atoms with E-state index in [2.05, 4.69) is 102 Å². The second-order valence-corrected chi connectivity index (χ2v) is 12.1. The van der Waals surface area contributed by atoms with E-state index in [1.54, 1.807) is 0 Å². The van der Waals surface area contributed by atoms with Crippen molar-refractivity contribution in [2.24, 2.45) is 0 Å². The minimum atomic E-state index is 0.0333. The Kier molecular flexibility index (Phi) is 9.44. The molecule has 0 bridgehead atoms. The molecule has 7 aromatic rings. The molecule has 0 saturated heterocycles. The number of benzene rings is 7. The molecule has 4 nitrogen and oxygen atoms in total. The Morgan fingerprint density at radius 1 is 0.245 bits per heavy atom. The maximum Gasteiger partial charge on any atom is 0.0681 e. The Morgan fingerprint density at radius 2 is 0.408 bits per heavy atom. The van der Waals surface area contributed by atoms with Crippen molar-refractivity contribution in [2.45, 2.75) is 19.8 Å². The molecule has 0 radical (unpaired) electrons. The van der Waals surface area contributed by atoms with Gasteiger partial charge in [-0.05, 0) is 97.6 Å². The van der Waals surface area contributed by atoms with Crippen LogP contribution in [0.4, 0.5) is 17.1 Å². The molecule has 7 aromatic carbocycles. The largest absolute Gasteiger partial charge is 0.392 e. The fourth-order valence-corrected chi connectivity index (χ4v) is 6.12. The highest BCUT2D eigenvalue weighted by molar-refractivity contribution is 5.81. The number of hydrogen-bond acceptors (Lipinski definition) is 4. The molecule has 0 aliphatic heterocycles. The van der Waals surface area contributed by atoms with Gasteiger partial charge in [0.15, 0.2) is 0 Å². The molecule has 0 fully saturated rings. The van der Waals surface area contributed by atoms with Gasteiger partial charge in [-0.15, -0.1) is 0 Å². The van der Waals surface area contributed by atoms with Crippen LogP contribution in [0.15, 0.2) is 170 Å². The van der Waals surface area contributed by atoms with Crippen molar-refractivity contribution >= 4 is 17.1 Å². The standard InChI is InChI=1S/C45H37NO3/c47-29-32-1-7-35(8-2-32)38-13-15-39(16-14-38)42-21-27-45(28-22-42)46(43-23-17-40(18-24-43)36-9-3-33(30-48)4-10-36)44-25-19-41(20-26-44)37-11-5-34(31-49)6-12-37/h1-28,47-49H,29-31H2. The summed E-state index contributed by atoms with van der Waals surface area (Å²) in [5.41, 5.74) is 14.8. The van der Waals surface area contributed by atoms with Gasteiger partial charge in [-0.3, -0.25) is 0 Å². The molecule has 0 unspecified atom stereocenters. The van der Waals surface area contributed by atoms with E-state index in [4.69, 9.17) is 0 Å². The van der Waals surface area contributed by atoms with Crippen molar-refractivity contribution < 1.29 is 15.3 Å². The fraction of sp³-hybridized carbons (Fsp3) is 0.0667. The SMILES string of the molecule is OCc1ccc(-c2ccc(-c3ccc(N(c4ccc(-c5ccc(CO)cc5)cc4)c4ccc(-c5ccc(CO)cc5)cc4)cc3)cc2)cc1. The zero-order valence-electron chi connectivity index (χ0n) is 27.1. The van der Waals surface area contributed by atoms with E-state index in [1.807, 2.05) is 72.8 Å². The lowest BCUT2D eigenvalue weighted by atomic mass is 9.99. The van der Waals surface area contributed by atoms with Crippen molar-refractivity contribution in [3.8, 4) is 44.5 Å². The van der Waals surface area contributed by atoms with Gasteiger partial charge in [-0.1, -0.05) is 133 Å². The molecule has 0 aromatic heterocycles. The molecule has 3 N–H and O–H groups in total. The lowest BCUT2D eigenvalue weighted by molar-refractivity contribution is 0.281. The van der Waals surface area contributed by atoms with Gasteiger partial charge in [0.2, 0.25) is 0 Å². The predicted octanol–water partition coefficient (Wildman–Crippen LogP) is 10.3. The van der Waals surface area contributed by atoms with Gasteiger partial charge in [-0.2, -0.15) is 0 Å². The molecule has 240 valence electrons. The first-order valence-corrected chi connectivity index (χ1v) is 16.4. The van der Waals surface area contributed by atoms with Crippen LogP contribution >= 0.6 is 0 Å². The number of anilines is 3. The zero-order valence-corrected chi connectivity index (χ0v) is 27.1. The van der Waals surface area contributed by atoms with Gasteiger partial charge in [0.1, 0.15) is 0 Å². The van der Waals surface area contributed by atoms with E-state index < -0.39 is 0 Å². The van der Waals surface area contributed by atoms with Crippen LogP contribution in [0, 0.1) is 0 Å². The highest BCUT2D eigenvalue weighted by atomic mass is 16.3. The maximum absolute atomic E-state index is 9.45. The first-order valence-electron chi connectivity index (χ1n) is 16.4. The minimum absolute atomic E-state index is 0.0333. The predicted molar refractivity (Wildman–Crippen MR) is 201 cm³/mol. The van der Waals surface area contributed by atoms with Crippen LogP contribution < -0.4 is 4.90 Å². The highest BCUT2D eigenvalue weighted by Crippen LogP contribution is 2.38. The van der Waals surface area contributed by atoms with Crippen LogP contribution in [-0.2, 0) is 19.8 Å². The number of hydrogen-bond donors (Lipinski definition) is 3. The maximum atomic E-state index is 9.45. The smallest absolute Gasteiger partial charge is 0.0681 e. The van der Waals surface area contributed by atoms with Gasteiger partial charge in [0.25, 0.3) is 0 Å². The third-order valence-electron chi connectivity index (χ3n) is 9.00.